The van der Waals surface area contributed by atoms with Gasteiger partial charge >= 0.3 is 0 Å². The molecule has 0 saturated heterocycles. The molecule has 0 aliphatic heterocycles. The van der Waals surface area contributed by atoms with Gasteiger partial charge in [0, 0.05) is 10.5 Å². The quantitative estimate of drug-likeness (QED) is 0.314. The molecule has 0 heterocycles. The van der Waals surface area contributed by atoms with Gasteiger partial charge in [-0.25, -0.2) is 0 Å². The molecule has 0 bridgehead atoms. The van der Waals surface area contributed by atoms with E-state index < -0.39 is 17.3 Å². The Balaban J connectivity index is 2.93. The van der Waals surface area contributed by atoms with Crippen LogP contribution in [0.5, 0.6) is 5.75 Å². The summed E-state index contributed by atoms with van der Waals surface area (Å²) in [5.41, 5.74) is 11.2. The van der Waals surface area contributed by atoms with Crippen molar-refractivity contribution in [3.05, 3.63) is 22.8 Å². The third-order valence-corrected chi connectivity index (χ3v) is 3.17. The maximum Gasteiger partial charge on any atom is 0.193 e. The Hall–Kier alpha value is -1.95. The molecular weight excluding hydrogens is 240 g/mol. The van der Waals surface area contributed by atoms with Crippen LogP contribution in [0, 0.1) is 0 Å². The summed E-state index contributed by atoms with van der Waals surface area (Å²) in [6.07, 6.45) is 1.19. The molecule has 0 spiro atoms. The third-order valence-electron chi connectivity index (χ3n) is 2.70. The molecule has 0 radical (unpaired) electrons. The van der Waals surface area contributed by atoms with E-state index in [2.05, 4.69) is 12.6 Å². The van der Waals surface area contributed by atoms with Crippen LogP contribution in [-0.4, -0.2) is 16.7 Å². The van der Waals surface area contributed by atoms with E-state index >= 15 is 0 Å². The summed E-state index contributed by atoms with van der Waals surface area (Å²) in [6.45, 7) is 1.49. The Bertz CT molecular complexity index is 605. The number of benzene rings is 1. The predicted molar refractivity (Wildman–Crippen MR) is 66.6 cm³/mol. The minimum absolute atomic E-state index is 0.00122. The lowest BCUT2D eigenvalue weighted by Gasteiger charge is -2.19. The van der Waals surface area contributed by atoms with Crippen LogP contribution in [0.15, 0.2) is 16.5 Å². The van der Waals surface area contributed by atoms with Crippen molar-refractivity contribution in [1.29, 1.82) is 0 Å². The maximum atomic E-state index is 11.9. The van der Waals surface area contributed by atoms with Gasteiger partial charge in [0.1, 0.15) is 0 Å². The number of carbonyl (C=O) groups is 2. The number of ketones is 2. The van der Waals surface area contributed by atoms with Gasteiger partial charge in [0.25, 0.3) is 0 Å². The highest BCUT2D eigenvalue weighted by molar-refractivity contribution is 7.80. The number of hydrogen-bond acceptors (Lipinski definition) is 6. The summed E-state index contributed by atoms with van der Waals surface area (Å²) in [5.74, 6) is -1.32. The van der Waals surface area contributed by atoms with Crippen LogP contribution in [0.3, 0.4) is 0 Å². The van der Waals surface area contributed by atoms with E-state index in [0.29, 0.717) is 0 Å². The average molecular weight is 250 g/mol. The van der Waals surface area contributed by atoms with Crippen LogP contribution in [0.25, 0.3) is 0 Å². The monoisotopic (exact) mass is 250 g/mol. The minimum atomic E-state index is -0.457. The fraction of sp³-hybridized carbons (Fsp3) is 0.0909. The number of hydrogen-bond donors (Lipinski definition) is 4. The molecule has 0 unspecified atom stereocenters. The first-order valence-corrected chi connectivity index (χ1v) is 5.21. The van der Waals surface area contributed by atoms with Gasteiger partial charge in [0.2, 0.25) is 0 Å². The second-order valence-corrected chi connectivity index (χ2v) is 4.24. The topological polar surface area (TPSA) is 106 Å². The standard InChI is InChI=1S/C11H10N2O3S/c1-3-2-4(14)5-6(9(3)15)10(16)7(12)8(13)11(5)17/h2,16-17H,12-13H2,1H3. The summed E-state index contributed by atoms with van der Waals surface area (Å²) in [4.78, 5) is 23.8. The molecule has 0 aromatic heterocycles. The van der Waals surface area contributed by atoms with Gasteiger partial charge in [-0.3, -0.25) is 9.59 Å². The number of nitrogens with two attached hydrogens (primary N) is 2. The molecule has 1 aromatic rings. The number of allylic oxidation sites excluding steroid dienone is 2. The lowest BCUT2D eigenvalue weighted by Crippen LogP contribution is -2.18. The normalized spacial score (nSPS) is 14.6. The average Bonchev–Trinajstić information content (AvgIpc) is 2.28. The fourth-order valence-electron chi connectivity index (χ4n) is 1.75. The maximum absolute atomic E-state index is 11.9. The zero-order chi connectivity index (χ0) is 12.9. The number of Topliss-reactive ketones (excluding diaryl/α,β-unsaturated/α-hetero) is 1. The molecule has 2 rings (SSSR count). The summed E-state index contributed by atoms with van der Waals surface area (Å²) in [7, 11) is 0. The van der Waals surface area contributed by atoms with Crippen molar-refractivity contribution >= 4 is 35.6 Å². The molecule has 6 heteroatoms. The Morgan fingerprint density at radius 3 is 2.35 bits per heavy atom. The van der Waals surface area contributed by atoms with Crippen molar-refractivity contribution in [2.45, 2.75) is 11.8 Å². The molecule has 17 heavy (non-hydrogen) atoms. The Kier molecular flexibility index (Phi) is 2.39. The highest BCUT2D eigenvalue weighted by Gasteiger charge is 2.31. The van der Waals surface area contributed by atoms with Crippen LogP contribution < -0.4 is 11.5 Å². The first-order valence-electron chi connectivity index (χ1n) is 4.76. The van der Waals surface area contributed by atoms with Crippen molar-refractivity contribution in [3.8, 4) is 5.75 Å². The number of carbonyl (C=O) groups excluding carboxylic acids is 2. The first-order chi connectivity index (χ1) is 7.86. The van der Waals surface area contributed by atoms with Gasteiger partial charge in [-0.05, 0) is 13.0 Å². The molecule has 0 amide bonds. The van der Waals surface area contributed by atoms with Crippen molar-refractivity contribution in [3.63, 3.8) is 0 Å². The van der Waals surface area contributed by atoms with Crippen LogP contribution in [-0.2, 0) is 0 Å². The van der Waals surface area contributed by atoms with E-state index in [0.717, 1.165) is 0 Å². The molecule has 0 saturated carbocycles. The summed E-state index contributed by atoms with van der Waals surface area (Å²) >= 11 is 4.08. The van der Waals surface area contributed by atoms with E-state index in [1.807, 2.05) is 0 Å². The second-order valence-electron chi connectivity index (χ2n) is 3.80. The van der Waals surface area contributed by atoms with Gasteiger partial charge < -0.3 is 16.6 Å². The van der Waals surface area contributed by atoms with Crippen molar-refractivity contribution in [2.75, 3.05) is 11.5 Å². The van der Waals surface area contributed by atoms with Crippen LogP contribution in [0.1, 0.15) is 27.6 Å². The van der Waals surface area contributed by atoms with Gasteiger partial charge in [0.15, 0.2) is 17.3 Å². The van der Waals surface area contributed by atoms with E-state index in [9.17, 15) is 14.7 Å². The Labute approximate surface area is 103 Å². The minimum Gasteiger partial charge on any atom is -0.505 e. The summed E-state index contributed by atoms with van der Waals surface area (Å²) < 4.78 is 0. The highest BCUT2D eigenvalue weighted by atomic mass is 32.1. The number of nitrogen functional groups attached to an aromatic ring is 2. The molecule has 1 aromatic carbocycles. The lowest BCUT2D eigenvalue weighted by molar-refractivity contribution is 0.0980. The van der Waals surface area contributed by atoms with Gasteiger partial charge in [-0.2, -0.15) is 0 Å². The molecule has 1 aliphatic rings. The number of thiol groups is 1. The fourth-order valence-corrected chi connectivity index (χ4v) is 2.10. The van der Waals surface area contributed by atoms with Gasteiger partial charge in [0.05, 0.1) is 22.5 Å². The highest BCUT2D eigenvalue weighted by Crippen LogP contribution is 2.42. The van der Waals surface area contributed by atoms with Crippen molar-refractivity contribution in [1.82, 2.24) is 0 Å². The number of aromatic hydroxyl groups is 1. The lowest BCUT2D eigenvalue weighted by atomic mass is 9.88. The number of phenols is 1. The summed E-state index contributed by atoms with van der Waals surface area (Å²) in [6, 6.07) is 0. The second kappa shape index (κ2) is 3.53. The van der Waals surface area contributed by atoms with Crippen LogP contribution in [0.2, 0.25) is 0 Å². The molecule has 5 nitrogen and oxygen atoms in total. The number of rotatable bonds is 0. The van der Waals surface area contributed by atoms with Gasteiger partial charge in [-0.15, -0.1) is 12.6 Å². The predicted octanol–water partition coefficient (Wildman–Crippen LogP) is 1.17. The zero-order valence-electron chi connectivity index (χ0n) is 8.94. The largest absolute Gasteiger partial charge is 0.505 e. The number of phenolic OH excluding ortho intramolecular Hbond substituents is 1. The van der Waals surface area contributed by atoms with E-state index in [-0.39, 0.29) is 33.0 Å². The van der Waals surface area contributed by atoms with Crippen LogP contribution >= 0.6 is 12.6 Å². The molecule has 5 N–H and O–H groups in total. The molecular formula is C11H10N2O3S. The Morgan fingerprint density at radius 1 is 1.18 bits per heavy atom. The Morgan fingerprint density at radius 2 is 1.76 bits per heavy atom. The summed E-state index contributed by atoms with van der Waals surface area (Å²) in [5, 5.41) is 9.82. The van der Waals surface area contributed by atoms with E-state index in [1.165, 1.54) is 13.0 Å². The molecule has 0 fully saturated rings. The number of fused-ring (bicyclic) bond motifs is 1. The van der Waals surface area contributed by atoms with Crippen molar-refractivity contribution < 1.29 is 14.7 Å². The van der Waals surface area contributed by atoms with Crippen LogP contribution in [0.4, 0.5) is 11.4 Å². The molecule has 0 atom stereocenters. The zero-order valence-corrected chi connectivity index (χ0v) is 9.84. The van der Waals surface area contributed by atoms with E-state index in [4.69, 9.17) is 11.5 Å². The number of anilines is 2. The first kappa shape index (κ1) is 11.5. The molecule has 1 aliphatic carbocycles. The third kappa shape index (κ3) is 1.41. The van der Waals surface area contributed by atoms with Crippen molar-refractivity contribution in [2.24, 2.45) is 0 Å². The smallest absolute Gasteiger partial charge is 0.193 e. The molecule has 88 valence electrons. The van der Waals surface area contributed by atoms with E-state index in [1.54, 1.807) is 0 Å². The SMILES string of the molecule is CC1=CC(=O)c2c(S)c(N)c(N)c(O)c2C1=O. The van der Waals surface area contributed by atoms with Gasteiger partial charge in [-0.1, -0.05) is 0 Å².